The van der Waals surface area contributed by atoms with Crippen molar-refractivity contribution in [1.29, 1.82) is 0 Å². The number of rotatable bonds is 3. The first-order chi connectivity index (χ1) is 30.3. The predicted molar refractivity (Wildman–Crippen MR) is 248 cm³/mol. The Labute approximate surface area is 350 Å². The standard InChI is InChI=1S/C57H33N3O/c1-2-15-36-33-50-44(32-35(36)14-1)40-18-6-11-26-49(40)60(50)37-30-28-34(29-31-37)53-54(59-56-55(58-53)42-20-7-12-27-51(42)61-56)43-21-13-25-48-52(43)41-19-5-10-24-47(41)57(48)45-22-8-3-16-38(45)39-17-4-9-23-46(39)57/h1-33H. The van der Waals surface area contributed by atoms with Crippen LogP contribution in [0.25, 0.3) is 105 Å². The number of para-hydroxylation sites is 2. The van der Waals surface area contributed by atoms with Gasteiger partial charge in [-0.05, 0) is 97.7 Å². The summed E-state index contributed by atoms with van der Waals surface area (Å²) < 4.78 is 8.87. The van der Waals surface area contributed by atoms with Gasteiger partial charge in [-0.15, -0.1) is 0 Å². The lowest BCUT2D eigenvalue weighted by molar-refractivity contribution is 0.653. The van der Waals surface area contributed by atoms with E-state index in [4.69, 9.17) is 14.4 Å². The van der Waals surface area contributed by atoms with Crippen molar-refractivity contribution in [1.82, 2.24) is 14.5 Å². The second-order valence-corrected chi connectivity index (χ2v) is 16.4. The number of furan rings is 1. The smallest absolute Gasteiger partial charge is 0.246 e. The summed E-state index contributed by atoms with van der Waals surface area (Å²) in [5, 5.41) is 5.89. The van der Waals surface area contributed by atoms with E-state index in [0.717, 1.165) is 44.7 Å². The van der Waals surface area contributed by atoms with Crippen LogP contribution in [0, 0.1) is 0 Å². The van der Waals surface area contributed by atoms with Gasteiger partial charge in [-0.3, -0.25) is 0 Å². The lowest BCUT2D eigenvalue weighted by Crippen LogP contribution is -2.25. The van der Waals surface area contributed by atoms with Crippen molar-refractivity contribution in [2.45, 2.75) is 5.41 Å². The summed E-state index contributed by atoms with van der Waals surface area (Å²) in [6.07, 6.45) is 0. The maximum Gasteiger partial charge on any atom is 0.246 e. The highest BCUT2D eigenvalue weighted by Gasteiger charge is 2.52. The van der Waals surface area contributed by atoms with Gasteiger partial charge in [0.05, 0.1) is 22.1 Å². The topological polar surface area (TPSA) is 43.9 Å². The molecule has 3 heterocycles. The van der Waals surface area contributed by atoms with Crippen LogP contribution in [0.3, 0.4) is 0 Å². The van der Waals surface area contributed by atoms with E-state index < -0.39 is 5.41 Å². The number of hydrogen-bond acceptors (Lipinski definition) is 3. The Kier molecular flexibility index (Phi) is 6.46. The van der Waals surface area contributed by atoms with E-state index in [0.29, 0.717) is 5.71 Å². The minimum absolute atomic E-state index is 0.471. The zero-order chi connectivity index (χ0) is 39.8. The molecular formula is C57H33N3O. The molecule has 0 amide bonds. The number of hydrogen-bond donors (Lipinski definition) is 0. The van der Waals surface area contributed by atoms with Gasteiger partial charge >= 0.3 is 0 Å². The summed E-state index contributed by atoms with van der Waals surface area (Å²) >= 11 is 0. The molecule has 12 aromatic rings. The molecule has 0 fully saturated rings. The number of benzene rings is 9. The average molecular weight is 776 g/mol. The number of aromatic nitrogens is 3. The monoisotopic (exact) mass is 775 g/mol. The summed E-state index contributed by atoms with van der Waals surface area (Å²) in [5.41, 5.74) is 18.8. The van der Waals surface area contributed by atoms with Crippen LogP contribution >= 0.6 is 0 Å². The van der Waals surface area contributed by atoms with E-state index in [1.807, 2.05) is 18.2 Å². The highest BCUT2D eigenvalue weighted by Crippen LogP contribution is 2.64. The maximum absolute atomic E-state index is 6.48. The number of fused-ring (bicyclic) bond motifs is 17. The van der Waals surface area contributed by atoms with Gasteiger partial charge in [-0.25, -0.2) is 9.97 Å². The van der Waals surface area contributed by atoms with Crippen LogP contribution in [0.15, 0.2) is 205 Å². The van der Waals surface area contributed by atoms with Crippen LogP contribution in [0.5, 0.6) is 0 Å². The molecule has 2 aliphatic rings. The number of nitrogens with zero attached hydrogens (tertiary/aromatic N) is 3. The van der Waals surface area contributed by atoms with Gasteiger partial charge in [0.1, 0.15) is 16.8 Å². The molecule has 4 nitrogen and oxygen atoms in total. The van der Waals surface area contributed by atoms with Crippen molar-refractivity contribution in [2.24, 2.45) is 0 Å². The van der Waals surface area contributed by atoms with Crippen LogP contribution in [0.4, 0.5) is 0 Å². The quantitative estimate of drug-likeness (QED) is 0.180. The maximum atomic E-state index is 6.48. The van der Waals surface area contributed by atoms with Crippen LogP contribution in [-0.2, 0) is 5.41 Å². The molecule has 0 radical (unpaired) electrons. The largest absolute Gasteiger partial charge is 0.436 e. The lowest BCUT2D eigenvalue weighted by atomic mass is 9.70. The first-order valence-corrected chi connectivity index (χ1v) is 20.9. The molecule has 0 N–H and O–H groups in total. The molecule has 3 aromatic heterocycles. The molecule has 282 valence electrons. The van der Waals surface area contributed by atoms with Crippen molar-refractivity contribution < 1.29 is 4.42 Å². The summed E-state index contributed by atoms with van der Waals surface area (Å²) in [5.74, 6) is 0. The van der Waals surface area contributed by atoms with Gasteiger partial charge in [0.25, 0.3) is 0 Å². The Balaban J connectivity index is 1.02. The Bertz CT molecular complexity index is 3790. The van der Waals surface area contributed by atoms with E-state index >= 15 is 0 Å². The molecule has 0 unspecified atom stereocenters. The lowest BCUT2D eigenvalue weighted by Gasteiger charge is -2.30. The summed E-state index contributed by atoms with van der Waals surface area (Å²) in [6.45, 7) is 0. The predicted octanol–water partition coefficient (Wildman–Crippen LogP) is 14.3. The zero-order valence-electron chi connectivity index (χ0n) is 32.8. The van der Waals surface area contributed by atoms with Crippen molar-refractivity contribution in [3.8, 4) is 50.5 Å². The summed E-state index contributed by atoms with van der Waals surface area (Å²) in [6, 6.07) is 72.5. The fourth-order valence-electron chi connectivity index (χ4n) is 11.0. The summed E-state index contributed by atoms with van der Waals surface area (Å²) in [7, 11) is 0. The fourth-order valence-corrected chi connectivity index (χ4v) is 11.0. The normalized spacial score (nSPS) is 13.4. The molecular weight excluding hydrogens is 743 g/mol. The molecule has 14 rings (SSSR count). The molecule has 2 aliphatic carbocycles. The zero-order valence-corrected chi connectivity index (χ0v) is 32.8. The Morgan fingerprint density at radius 2 is 1.00 bits per heavy atom. The second kappa shape index (κ2) is 12.0. The molecule has 4 heteroatoms. The first-order valence-electron chi connectivity index (χ1n) is 20.9. The second-order valence-electron chi connectivity index (χ2n) is 16.4. The van der Waals surface area contributed by atoms with Gasteiger partial charge < -0.3 is 8.98 Å². The highest BCUT2D eigenvalue weighted by atomic mass is 16.3. The van der Waals surface area contributed by atoms with E-state index in [1.54, 1.807) is 0 Å². The Morgan fingerprint density at radius 1 is 0.410 bits per heavy atom. The van der Waals surface area contributed by atoms with Crippen LogP contribution in [0.1, 0.15) is 22.3 Å². The van der Waals surface area contributed by atoms with E-state index in [2.05, 4.69) is 187 Å². The van der Waals surface area contributed by atoms with E-state index in [1.165, 1.54) is 77.1 Å². The van der Waals surface area contributed by atoms with Crippen molar-refractivity contribution in [3.05, 3.63) is 222 Å². The third kappa shape index (κ3) is 4.28. The van der Waals surface area contributed by atoms with Gasteiger partial charge in [-0.2, -0.15) is 0 Å². The molecule has 0 saturated carbocycles. The fraction of sp³-hybridized carbons (Fsp3) is 0.0175. The van der Waals surface area contributed by atoms with Crippen molar-refractivity contribution >= 4 is 54.8 Å². The molecule has 61 heavy (non-hydrogen) atoms. The van der Waals surface area contributed by atoms with Gasteiger partial charge in [0.2, 0.25) is 5.71 Å². The van der Waals surface area contributed by atoms with E-state index in [9.17, 15) is 0 Å². The molecule has 0 atom stereocenters. The summed E-state index contributed by atoms with van der Waals surface area (Å²) in [4.78, 5) is 11.0. The van der Waals surface area contributed by atoms with Crippen molar-refractivity contribution in [2.75, 3.05) is 0 Å². The third-order valence-electron chi connectivity index (χ3n) is 13.4. The molecule has 1 spiro atoms. The van der Waals surface area contributed by atoms with Gasteiger partial charge in [0, 0.05) is 33.0 Å². The highest BCUT2D eigenvalue weighted by molar-refractivity contribution is 6.14. The van der Waals surface area contributed by atoms with Gasteiger partial charge in [0.15, 0.2) is 0 Å². The Hall–Kier alpha value is -8.08. The van der Waals surface area contributed by atoms with Crippen LogP contribution < -0.4 is 0 Å². The van der Waals surface area contributed by atoms with Gasteiger partial charge in [-0.1, -0.05) is 158 Å². The van der Waals surface area contributed by atoms with E-state index in [-0.39, 0.29) is 0 Å². The molecule has 0 bridgehead atoms. The molecule has 9 aromatic carbocycles. The first kappa shape index (κ1) is 32.8. The minimum Gasteiger partial charge on any atom is -0.436 e. The molecule has 0 saturated heterocycles. The van der Waals surface area contributed by atoms with Crippen LogP contribution in [-0.4, -0.2) is 14.5 Å². The third-order valence-corrected chi connectivity index (χ3v) is 13.4. The van der Waals surface area contributed by atoms with Crippen molar-refractivity contribution in [3.63, 3.8) is 0 Å². The minimum atomic E-state index is -0.471. The van der Waals surface area contributed by atoms with Crippen LogP contribution in [0.2, 0.25) is 0 Å². The SMILES string of the molecule is c1ccc2c(c1)-c1ccccc1C21c2ccccc2-c2c(-c3nc4oc5ccccc5c4nc3-c3ccc(-n4c5ccccc5c5cc6ccccc6cc54)cc3)cccc21. The Morgan fingerprint density at radius 3 is 1.77 bits per heavy atom. The molecule has 0 aliphatic heterocycles. The average Bonchev–Trinajstić information content (AvgIpc) is 4.04.